The van der Waals surface area contributed by atoms with E-state index in [0.717, 1.165) is 6.07 Å². The molecule has 4 aromatic rings. The maximum Gasteiger partial charge on any atom is 0.416 e. The first kappa shape index (κ1) is 31.6. The number of hydrogen-bond acceptors (Lipinski definition) is 3. The number of aromatic nitrogens is 1. The fourth-order valence-electron chi connectivity index (χ4n) is 4.47. The van der Waals surface area contributed by atoms with Gasteiger partial charge in [-0.3, -0.25) is 14.4 Å². The number of alkyl halides is 3. The second-order valence-electron chi connectivity index (χ2n) is 10.3. The lowest BCUT2D eigenvalue weighted by molar-refractivity contribution is -0.137. The number of nitrogens with one attached hydrogen (secondary N) is 3. The molecule has 3 aromatic carbocycles. The molecule has 0 aliphatic rings. The summed E-state index contributed by atoms with van der Waals surface area (Å²) in [6.07, 6.45) is -4.14. The molecule has 3 amide bonds. The highest BCUT2D eigenvalue weighted by Gasteiger charge is 2.31. The van der Waals surface area contributed by atoms with Crippen LogP contribution in [-0.4, -0.2) is 22.3 Å². The molecule has 43 heavy (non-hydrogen) atoms. The van der Waals surface area contributed by atoms with Crippen molar-refractivity contribution in [3.05, 3.63) is 93.9 Å². The number of aryl methyl sites for hydroxylation is 1. The van der Waals surface area contributed by atoms with E-state index in [1.165, 1.54) is 0 Å². The summed E-state index contributed by atoms with van der Waals surface area (Å²) in [6, 6.07) is 13.3. The van der Waals surface area contributed by atoms with Crippen LogP contribution in [-0.2, 0) is 24.1 Å². The molecule has 0 aliphatic carbocycles. The lowest BCUT2D eigenvalue weighted by Gasteiger charge is -2.13. The molecule has 0 atom stereocenters. The van der Waals surface area contributed by atoms with Gasteiger partial charge in [0, 0.05) is 41.3 Å². The third kappa shape index (κ3) is 7.53. The van der Waals surface area contributed by atoms with Crippen molar-refractivity contribution in [2.45, 2.75) is 46.5 Å². The van der Waals surface area contributed by atoms with Crippen molar-refractivity contribution in [2.75, 3.05) is 10.6 Å². The molecule has 0 unspecified atom stereocenters. The van der Waals surface area contributed by atoms with E-state index in [4.69, 9.17) is 11.6 Å². The van der Waals surface area contributed by atoms with E-state index in [9.17, 15) is 31.9 Å². The summed E-state index contributed by atoms with van der Waals surface area (Å²) in [5.74, 6) is -2.65. The Hall–Kier alpha value is -4.38. The van der Waals surface area contributed by atoms with Gasteiger partial charge >= 0.3 is 6.18 Å². The Morgan fingerprint density at radius 3 is 2.30 bits per heavy atom. The minimum atomic E-state index is -4.78. The van der Waals surface area contributed by atoms with Crippen molar-refractivity contribution in [3.8, 4) is 0 Å². The van der Waals surface area contributed by atoms with Gasteiger partial charge in [0.1, 0.15) is 11.5 Å². The Morgan fingerprint density at radius 1 is 0.907 bits per heavy atom. The zero-order valence-corrected chi connectivity index (χ0v) is 24.3. The summed E-state index contributed by atoms with van der Waals surface area (Å²) >= 11 is 6.29. The van der Waals surface area contributed by atoms with Crippen molar-refractivity contribution in [2.24, 2.45) is 5.92 Å². The zero-order valence-electron chi connectivity index (χ0n) is 23.5. The number of halogens is 5. The molecule has 0 saturated carbocycles. The number of hydrogen-bond donors (Lipinski definition) is 3. The minimum absolute atomic E-state index is 0.126. The van der Waals surface area contributed by atoms with Gasteiger partial charge in [-0.2, -0.15) is 13.2 Å². The highest BCUT2D eigenvalue weighted by molar-refractivity contribution is 6.34. The Labute approximate surface area is 250 Å². The summed E-state index contributed by atoms with van der Waals surface area (Å²) < 4.78 is 55.0. The molecular weight excluding hydrogens is 588 g/mol. The number of anilines is 2. The third-order valence-corrected chi connectivity index (χ3v) is 6.92. The van der Waals surface area contributed by atoms with Crippen LogP contribution < -0.4 is 16.0 Å². The van der Waals surface area contributed by atoms with Crippen molar-refractivity contribution in [3.63, 3.8) is 0 Å². The standard InChI is InChI=1S/C31H29ClF4N4O3/c1-4-9-40-26-8-6-22(38-29(42)24-10-18(5-7-25(24)32)16-37-28(41)17(2)3)11-19(26)12-27(40)30(43)39-23-14-20(31(34,35)36)13-21(33)15-23/h5-8,10-15,17H,4,9,16H2,1-3H3,(H,37,41)(H,38,42)(H,39,43). The number of carbonyl (C=O) groups excluding carboxylic acids is 3. The molecule has 0 aliphatic heterocycles. The normalized spacial score (nSPS) is 11.6. The predicted molar refractivity (Wildman–Crippen MR) is 158 cm³/mol. The Morgan fingerprint density at radius 2 is 1.63 bits per heavy atom. The summed E-state index contributed by atoms with van der Waals surface area (Å²) in [4.78, 5) is 38.2. The second kappa shape index (κ2) is 12.9. The molecule has 0 spiro atoms. The summed E-state index contributed by atoms with van der Waals surface area (Å²) in [7, 11) is 0. The first-order valence-corrected chi connectivity index (χ1v) is 13.8. The maximum atomic E-state index is 13.9. The Bertz CT molecular complexity index is 1700. The second-order valence-corrected chi connectivity index (χ2v) is 10.7. The fourth-order valence-corrected chi connectivity index (χ4v) is 4.67. The average molecular weight is 617 g/mol. The molecule has 0 fully saturated rings. The van der Waals surface area contributed by atoms with Gasteiger partial charge in [-0.1, -0.05) is 38.4 Å². The van der Waals surface area contributed by atoms with Crippen molar-refractivity contribution < 1.29 is 31.9 Å². The van der Waals surface area contributed by atoms with E-state index in [1.54, 1.807) is 60.9 Å². The van der Waals surface area contributed by atoms with Crippen LogP contribution in [0, 0.1) is 11.7 Å². The van der Waals surface area contributed by atoms with Crippen molar-refractivity contribution >= 4 is 51.6 Å². The SMILES string of the molecule is CCCn1c(C(=O)Nc2cc(F)cc(C(F)(F)F)c2)cc2cc(NC(=O)c3cc(CNC(=O)C(C)C)ccc3Cl)ccc21. The minimum Gasteiger partial charge on any atom is -0.352 e. The molecular formula is C31H29ClF4N4O3. The molecule has 0 saturated heterocycles. The average Bonchev–Trinajstić information content (AvgIpc) is 3.29. The van der Waals surface area contributed by atoms with E-state index >= 15 is 0 Å². The number of fused-ring (bicyclic) bond motifs is 1. The van der Waals surface area contributed by atoms with Crippen LogP contribution in [0.25, 0.3) is 10.9 Å². The number of benzene rings is 3. The van der Waals surface area contributed by atoms with Crippen LogP contribution in [0.2, 0.25) is 5.02 Å². The smallest absolute Gasteiger partial charge is 0.352 e. The van der Waals surface area contributed by atoms with Gasteiger partial charge in [0.2, 0.25) is 5.91 Å². The number of carbonyl (C=O) groups is 3. The molecule has 1 heterocycles. The Balaban J connectivity index is 1.58. The van der Waals surface area contributed by atoms with Crippen LogP contribution >= 0.6 is 11.6 Å². The van der Waals surface area contributed by atoms with Crippen molar-refractivity contribution in [1.29, 1.82) is 0 Å². The van der Waals surface area contributed by atoms with Crippen LogP contribution in [0.1, 0.15) is 59.2 Å². The lowest BCUT2D eigenvalue weighted by atomic mass is 10.1. The summed E-state index contributed by atoms with van der Waals surface area (Å²) in [5.41, 5.74) is 0.553. The number of amides is 3. The molecule has 226 valence electrons. The van der Waals surface area contributed by atoms with Gasteiger partial charge < -0.3 is 20.5 Å². The third-order valence-electron chi connectivity index (χ3n) is 6.59. The molecule has 4 rings (SSSR count). The largest absolute Gasteiger partial charge is 0.416 e. The summed E-state index contributed by atoms with van der Waals surface area (Å²) in [6.45, 7) is 6.09. The fraction of sp³-hybridized carbons (Fsp3) is 0.258. The first-order chi connectivity index (χ1) is 20.3. The van der Waals surface area contributed by atoms with Crippen LogP contribution in [0.4, 0.5) is 28.9 Å². The molecule has 3 N–H and O–H groups in total. The van der Waals surface area contributed by atoms with Crippen LogP contribution in [0.3, 0.4) is 0 Å². The first-order valence-electron chi connectivity index (χ1n) is 13.5. The monoisotopic (exact) mass is 616 g/mol. The zero-order chi connectivity index (χ0) is 31.5. The van der Waals surface area contributed by atoms with Crippen LogP contribution in [0.5, 0.6) is 0 Å². The maximum absolute atomic E-state index is 13.9. The van der Waals surface area contributed by atoms with E-state index in [-0.39, 0.29) is 40.3 Å². The number of rotatable bonds is 9. The van der Waals surface area contributed by atoms with Crippen molar-refractivity contribution in [1.82, 2.24) is 9.88 Å². The van der Waals surface area contributed by atoms with E-state index in [2.05, 4.69) is 16.0 Å². The van der Waals surface area contributed by atoms with Gasteiger partial charge in [0.25, 0.3) is 11.8 Å². The molecule has 0 radical (unpaired) electrons. The van der Waals surface area contributed by atoms with Gasteiger partial charge in [0.15, 0.2) is 0 Å². The van der Waals surface area contributed by atoms with Gasteiger partial charge in [-0.15, -0.1) is 0 Å². The van der Waals surface area contributed by atoms with E-state index in [0.29, 0.717) is 47.3 Å². The molecule has 7 nitrogen and oxygen atoms in total. The molecule has 1 aromatic heterocycles. The van der Waals surface area contributed by atoms with Crippen LogP contribution in [0.15, 0.2) is 60.7 Å². The van der Waals surface area contributed by atoms with E-state index in [1.807, 2.05) is 6.92 Å². The predicted octanol–water partition coefficient (Wildman–Crippen LogP) is 7.64. The van der Waals surface area contributed by atoms with Gasteiger partial charge in [0.05, 0.1) is 16.1 Å². The molecule has 12 heteroatoms. The number of nitrogens with zero attached hydrogens (tertiary/aromatic N) is 1. The summed E-state index contributed by atoms with van der Waals surface area (Å²) in [5, 5.41) is 8.75. The highest BCUT2D eigenvalue weighted by atomic mass is 35.5. The van der Waals surface area contributed by atoms with Gasteiger partial charge in [-0.05, 0) is 66.6 Å². The van der Waals surface area contributed by atoms with E-state index < -0.39 is 29.4 Å². The Kier molecular flexibility index (Phi) is 9.44. The quantitative estimate of drug-likeness (QED) is 0.169. The lowest BCUT2D eigenvalue weighted by Crippen LogP contribution is -2.27. The highest BCUT2D eigenvalue weighted by Crippen LogP contribution is 2.32. The van der Waals surface area contributed by atoms with Gasteiger partial charge in [-0.25, -0.2) is 4.39 Å². The molecule has 0 bridgehead atoms. The topological polar surface area (TPSA) is 92.2 Å².